The van der Waals surface area contributed by atoms with Crippen molar-refractivity contribution in [3.8, 4) is 11.5 Å². The van der Waals surface area contributed by atoms with Gasteiger partial charge in [0, 0.05) is 21.3 Å². The van der Waals surface area contributed by atoms with Crippen molar-refractivity contribution in [1.29, 1.82) is 0 Å². The number of halogens is 1. The first kappa shape index (κ1) is 24.0. The number of anilines is 1. The van der Waals surface area contributed by atoms with E-state index in [9.17, 15) is 9.59 Å². The van der Waals surface area contributed by atoms with E-state index in [1.807, 2.05) is 32.0 Å². The number of carbonyl (C=O) groups is 2. The number of nitrogens with zero attached hydrogens (tertiary/aromatic N) is 1. The van der Waals surface area contributed by atoms with Gasteiger partial charge in [-0.25, -0.2) is 5.43 Å². The molecule has 33 heavy (non-hydrogen) atoms. The maximum absolute atomic E-state index is 12.4. The Morgan fingerprint density at radius 2 is 1.88 bits per heavy atom. The molecule has 8 heteroatoms. The zero-order valence-corrected chi connectivity index (χ0v) is 20.1. The fraction of sp³-hybridized carbons (Fsp3) is 0.160. The van der Waals surface area contributed by atoms with E-state index in [0.29, 0.717) is 22.6 Å². The van der Waals surface area contributed by atoms with Crippen LogP contribution in [0.2, 0.25) is 0 Å². The van der Waals surface area contributed by atoms with E-state index < -0.39 is 0 Å². The molecule has 0 bridgehead atoms. The van der Waals surface area contributed by atoms with Crippen LogP contribution in [0.1, 0.15) is 27.0 Å². The van der Waals surface area contributed by atoms with Gasteiger partial charge in [0.05, 0.1) is 13.3 Å². The molecule has 0 saturated heterocycles. The average Bonchev–Trinajstić information content (AvgIpc) is 2.80. The minimum absolute atomic E-state index is 0.175. The Hall–Kier alpha value is -3.65. The quantitative estimate of drug-likeness (QED) is 0.335. The van der Waals surface area contributed by atoms with Gasteiger partial charge in [-0.1, -0.05) is 39.7 Å². The first-order valence-electron chi connectivity index (χ1n) is 10.1. The second-order valence-electron chi connectivity index (χ2n) is 7.27. The molecule has 0 atom stereocenters. The lowest BCUT2D eigenvalue weighted by molar-refractivity contribution is -0.118. The van der Waals surface area contributed by atoms with Gasteiger partial charge < -0.3 is 14.8 Å². The lowest BCUT2D eigenvalue weighted by Gasteiger charge is -2.12. The number of benzene rings is 3. The van der Waals surface area contributed by atoms with Gasteiger partial charge >= 0.3 is 0 Å². The second-order valence-corrected chi connectivity index (χ2v) is 8.18. The molecule has 0 unspecified atom stereocenters. The maximum Gasteiger partial charge on any atom is 0.271 e. The lowest BCUT2D eigenvalue weighted by Crippen LogP contribution is -2.21. The molecule has 3 aromatic rings. The number of amides is 2. The summed E-state index contributed by atoms with van der Waals surface area (Å²) in [6.45, 7) is 3.76. The van der Waals surface area contributed by atoms with E-state index in [-0.39, 0.29) is 18.4 Å². The van der Waals surface area contributed by atoms with E-state index >= 15 is 0 Å². The Balaban J connectivity index is 1.63. The summed E-state index contributed by atoms with van der Waals surface area (Å²) in [5.74, 6) is 0.372. The molecule has 0 aliphatic heterocycles. The molecule has 0 fully saturated rings. The third-order valence-corrected chi connectivity index (χ3v) is 5.18. The number of nitrogens with one attached hydrogen (secondary N) is 2. The topological polar surface area (TPSA) is 89.0 Å². The fourth-order valence-electron chi connectivity index (χ4n) is 3.02. The molecule has 0 aliphatic carbocycles. The number of ether oxygens (including phenoxy) is 2. The third-order valence-electron chi connectivity index (χ3n) is 4.69. The summed E-state index contributed by atoms with van der Waals surface area (Å²) in [6, 6.07) is 17.9. The number of carbonyl (C=O) groups excluding carboxylic acids is 2. The number of rotatable bonds is 8. The Morgan fingerprint density at radius 1 is 1.06 bits per heavy atom. The van der Waals surface area contributed by atoms with Crippen molar-refractivity contribution in [2.45, 2.75) is 13.8 Å². The molecule has 0 aliphatic rings. The summed E-state index contributed by atoms with van der Waals surface area (Å²) in [7, 11) is 1.53. The van der Waals surface area contributed by atoms with Crippen molar-refractivity contribution < 1.29 is 19.1 Å². The van der Waals surface area contributed by atoms with Gasteiger partial charge in [-0.2, -0.15) is 5.10 Å². The van der Waals surface area contributed by atoms with Gasteiger partial charge in [-0.05, 0) is 61.9 Å². The molecular weight excluding hydrogens is 486 g/mol. The smallest absolute Gasteiger partial charge is 0.271 e. The van der Waals surface area contributed by atoms with Gasteiger partial charge in [0.2, 0.25) is 0 Å². The summed E-state index contributed by atoms with van der Waals surface area (Å²) >= 11 is 3.41. The molecule has 170 valence electrons. The maximum atomic E-state index is 12.4. The highest BCUT2D eigenvalue weighted by molar-refractivity contribution is 9.10. The molecule has 0 spiro atoms. The minimum atomic E-state index is -0.379. The molecular formula is C25H24BrN3O4. The van der Waals surface area contributed by atoms with Crippen LogP contribution in [-0.4, -0.2) is 31.7 Å². The highest BCUT2D eigenvalue weighted by Gasteiger charge is 2.10. The monoisotopic (exact) mass is 509 g/mol. The summed E-state index contributed by atoms with van der Waals surface area (Å²) < 4.78 is 11.6. The predicted octanol–water partition coefficient (Wildman–Crippen LogP) is 4.86. The summed E-state index contributed by atoms with van der Waals surface area (Å²) in [5, 5.41) is 6.87. The van der Waals surface area contributed by atoms with Crippen LogP contribution in [0.3, 0.4) is 0 Å². The van der Waals surface area contributed by atoms with Crippen LogP contribution in [-0.2, 0) is 4.79 Å². The Bertz CT molecular complexity index is 1190. The van der Waals surface area contributed by atoms with Gasteiger partial charge in [0.25, 0.3) is 11.8 Å². The Labute approximate surface area is 200 Å². The highest BCUT2D eigenvalue weighted by Crippen LogP contribution is 2.22. The first-order chi connectivity index (χ1) is 15.9. The zero-order chi connectivity index (χ0) is 23.8. The lowest BCUT2D eigenvalue weighted by atomic mass is 10.1. The number of methoxy groups -OCH3 is 1. The Kier molecular flexibility index (Phi) is 8.21. The van der Waals surface area contributed by atoms with E-state index in [0.717, 1.165) is 21.3 Å². The molecule has 2 N–H and O–H groups in total. The van der Waals surface area contributed by atoms with Crippen LogP contribution in [0, 0.1) is 13.8 Å². The van der Waals surface area contributed by atoms with E-state index in [1.54, 1.807) is 42.5 Å². The predicted molar refractivity (Wildman–Crippen MR) is 132 cm³/mol. The minimum Gasteiger partial charge on any atom is -0.497 e. The number of hydrazone groups is 1. The van der Waals surface area contributed by atoms with Crippen LogP contribution < -0.4 is 20.2 Å². The fourth-order valence-corrected chi connectivity index (χ4v) is 3.40. The molecule has 0 saturated carbocycles. The van der Waals surface area contributed by atoms with Crippen molar-refractivity contribution in [3.05, 3.63) is 87.4 Å². The Morgan fingerprint density at radius 3 is 2.64 bits per heavy atom. The van der Waals surface area contributed by atoms with Crippen LogP contribution in [0.25, 0.3) is 0 Å². The summed E-state index contributed by atoms with van der Waals surface area (Å²) in [4.78, 5) is 24.7. The molecule has 7 nitrogen and oxygen atoms in total. The number of aryl methyl sites for hydroxylation is 2. The largest absolute Gasteiger partial charge is 0.497 e. The third kappa shape index (κ3) is 6.92. The van der Waals surface area contributed by atoms with E-state index in [2.05, 4.69) is 31.8 Å². The summed E-state index contributed by atoms with van der Waals surface area (Å²) in [6.07, 6.45) is 1.46. The van der Waals surface area contributed by atoms with Gasteiger partial charge in [0.1, 0.15) is 11.5 Å². The van der Waals surface area contributed by atoms with Gasteiger partial charge in [-0.15, -0.1) is 0 Å². The molecule has 3 aromatic carbocycles. The molecule has 0 aromatic heterocycles. The van der Waals surface area contributed by atoms with Crippen LogP contribution in [0.4, 0.5) is 5.69 Å². The average molecular weight is 510 g/mol. The molecule has 3 rings (SSSR count). The standard InChI is InChI=1S/C25H24BrN3O4/c1-16-7-9-22(17(2)11-16)28-24(30)15-33-23-10-8-20(26)12-19(23)14-27-29-25(31)18-5-4-6-21(13-18)32-3/h4-14H,15H2,1-3H3,(H,28,30)(H,29,31)/b27-14+. The second kappa shape index (κ2) is 11.3. The molecule has 0 heterocycles. The van der Waals surface area contributed by atoms with Crippen molar-refractivity contribution in [2.75, 3.05) is 19.0 Å². The first-order valence-corrected chi connectivity index (χ1v) is 10.9. The molecule has 2 amide bonds. The van der Waals surface area contributed by atoms with Crippen LogP contribution in [0.5, 0.6) is 11.5 Å². The van der Waals surface area contributed by atoms with Crippen molar-refractivity contribution >= 4 is 39.6 Å². The van der Waals surface area contributed by atoms with E-state index in [4.69, 9.17) is 9.47 Å². The number of hydrogen-bond acceptors (Lipinski definition) is 5. The van der Waals surface area contributed by atoms with Gasteiger partial charge in [0.15, 0.2) is 6.61 Å². The SMILES string of the molecule is COc1cccc(C(=O)N/N=C/c2cc(Br)ccc2OCC(=O)Nc2ccc(C)cc2C)c1. The van der Waals surface area contributed by atoms with E-state index in [1.165, 1.54) is 13.3 Å². The molecule has 0 radical (unpaired) electrons. The van der Waals surface area contributed by atoms with Crippen LogP contribution in [0.15, 0.2) is 70.2 Å². The van der Waals surface area contributed by atoms with Crippen molar-refractivity contribution in [2.24, 2.45) is 5.10 Å². The zero-order valence-electron chi connectivity index (χ0n) is 18.5. The summed E-state index contributed by atoms with van der Waals surface area (Å²) in [5.41, 5.74) is 6.33. The van der Waals surface area contributed by atoms with Crippen molar-refractivity contribution in [1.82, 2.24) is 5.43 Å². The normalized spacial score (nSPS) is 10.7. The van der Waals surface area contributed by atoms with Crippen LogP contribution >= 0.6 is 15.9 Å². The highest BCUT2D eigenvalue weighted by atomic mass is 79.9. The van der Waals surface area contributed by atoms with Gasteiger partial charge in [-0.3, -0.25) is 9.59 Å². The number of hydrogen-bond donors (Lipinski definition) is 2. The van der Waals surface area contributed by atoms with Crippen molar-refractivity contribution in [3.63, 3.8) is 0 Å².